The standard InChI is InChI=1S/C10H14BrNO/c1-7-5-9(11)8(2)10(6-7)13-4-3-12/h5-6H,3-4,12H2,1-2H3. The summed E-state index contributed by atoms with van der Waals surface area (Å²) < 4.78 is 6.58. The molecule has 0 unspecified atom stereocenters. The molecular formula is C10H14BrNO. The average Bonchev–Trinajstić information content (AvgIpc) is 2.09. The fourth-order valence-corrected chi connectivity index (χ4v) is 1.66. The Hall–Kier alpha value is -0.540. The third-order valence-electron chi connectivity index (χ3n) is 1.82. The van der Waals surface area contributed by atoms with E-state index in [1.165, 1.54) is 5.56 Å². The van der Waals surface area contributed by atoms with E-state index < -0.39 is 0 Å². The van der Waals surface area contributed by atoms with Gasteiger partial charge in [0.2, 0.25) is 0 Å². The van der Waals surface area contributed by atoms with E-state index in [1.54, 1.807) is 0 Å². The molecule has 0 saturated carbocycles. The minimum atomic E-state index is 0.547. The van der Waals surface area contributed by atoms with Gasteiger partial charge in [-0.2, -0.15) is 0 Å². The zero-order valence-electron chi connectivity index (χ0n) is 7.93. The van der Waals surface area contributed by atoms with E-state index in [0.29, 0.717) is 13.2 Å². The minimum Gasteiger partial charge on any atom is -0.492 e. The molecule has 0 saturated heterocycles. The van der Waals surface area contributed by atoms with Crippen LogP contribution in [-0.4, -0.2) is 13.2 Å². The lowest BCUT2D eigenvalue weighted by molar-refractivity contribution is 0.325. The third kappa shape index (κ3) is 2.71. The van der Waals surface area contributed by atoms with Crippen LogP contribution in [0, 0.1) is 13.8 Å². The predicted octanol–water partition coefficient (Wildman–Crippen LogP) is 2.40. The average molecular weight is 244 g/mol. The van der Waals surface area contributed by atoms with Gasteiger partial charge in [0.1, 0.15) is 12.4 Å². The van der Waals surface area contributed by atoms with E-state index in [-0.39, 0.29) is 0 Å². The van der Waals surface area contributed by atoms with Crippen LogP contribution < -0.4 is 10.5 Å². The molecule has 0 aliphatic rings. The first kappa shape index (κ1) is 10.5. The summed E-state index contributed by atoms with van der Waals surface area (Å²) in [6.07, 6.45) is 0. The van der Waals surface area contributed by atoms with Crippen molar-refractivity contribution < 1.29 is 4.74 Å². The second-order valence-electron chi connectivity index (χ2n) is 3.01. The zero-order valence-corrected chi connectivity index (χ0v) is 9.52. The largest absolute Gasteiger partial charge is 0.492 e. The molecule has 0 amide bonds. The number of hydrogen-bond acceptors (Lipinski definition) is 2. The maximum atomic E-state index is 5.49. The second kappa shape index (κ2) is 4.63. The first-order valence-electron chi connectivity index (χ1n) is 4.24. The molecule has 3 heteroatoms. The van der Waals surface area contributed by atoms with E-state index in [2.05, 4.69) is 22.0 Å². The third-order valence-corrected chi connectivity index (χ3v) is 2.64. The molecule has 1 rings (SSSR count). The van der Waals surface area contributed by atoms with Gasteiger partial charge in [0.15, 0.2) is 0 Å². The molecule has 72 valence electrons. The summed E-state index contributed by atoms with van der Waals surface area (Å²) in [6, 6.07) is 4.10. The highest BCUT2D eigenvalue weighted by atomic mass is 79.9. The molecule has 1 aromatic carbocycles. The number of halogens is 1. The second-order valence-corrected chi connectivity index (χ2v) is 3.86. The monoisotopic (exact) mass is 243 g/mol. The maximum Gasteiger partial charge on any atom is 0.123 e. The van der Waals surface area contributed by atoms with Gasteiger partial charge in [0.25, 0.3) is 0 Å². The van der Waals surface area contributed by atoms with Gasteiger partial charge in [-0.25, -0.2) is 0 Å². The number of aryl methyl sites for hydroxylation is 1. The number of hydrogen-bond donors (Lipinski definition) is 1. The quantitative estimate of drug-likeness (QED) is 0.886. The molecular weight excluding hydrogens is 230 g/mol. The Kier molecular flexibility index (Phi) is 3.75. The van der Waals surface area contributed by atoms with Crippen LogP contribution in [0.1, 0.15) is 11.1 Å². The highest BCUT2D eigenvalue weighted by molar-refractivity contribution is 9.10. The Balaban J connectivity index is 2.92. The Morgan fingerprint density at radius 3 is 2.69 bits per heavy atom. The van der Waals surface area contributed by atoms with E-state index in [4.69, 9.17) is 10.5 Å². The van der Waals surface area contributed by atoms with Crippen LogP contribution >= 0.6 is 15.9 Å². The Labute approximate surface area is 87.2 Å². The van der Waals surface area contributed by atoms with Crippen molar-refractivity contribution >= 4 is 15.9 Å². The van der Waals surface area contributed by atoms with E-state index >= 15 is 0 Å². The van der Waals surface area contributed by atoms with Gasteiger partial charge in [-0.05, 0) is 31.5 Å². The molecule has 0 aliphatic carbocycles. The molecule has 2 nitrogen and oxygen atoms in total. The van der Waals surface area contributed by atoms with Gasteiger partial charge in [0, 0.05) is 16.6 Å². The van der Waals surface area contributed by atoms with Crippen LogP contribution in [-0.2, 0) is 0 Å². The van der Waals surface area contributed by atoms with Crippen LogP contribution in [0.25, 0.3) is 0 Å². The molecule has 1 aromatic rings. The number of rotatable bonds is 3. The summed E-state index contributed by atoms with van der Waals surface area (Å²) in [5, 5.41) is 0. The molecule has 0 spiro atoms. The summed E-state index contributed by atoms with van der Waals surface area (Å²) >= 11 is 3.48. The molecule has 13 heavy (non-hydrogen) atoms. The van der Waals surface area contributed by atoms with Gasteiger partial charge in [-0.1, -0.05) is 15.9 Å². The summed E-state index contributed by atoms with van der Waals surface area (Å²) in [5.41, 5.74) is 7.67. The van der Waals surface area contributed by atoms with Crippen molar-refractivity contribution in [3.63, 3.8) is 0 Å². The fourth-order valence-electron chi connectivity index (χ4n) is 1.10. The first-order valence-corrected chi connectivity index (χ1v) is 5.04. The Morgan fingerprint density at radius 1 is 1.38 bits per heavy atom. The summed E-state index contributed by atoms with van der Waals surface area (Å²) in [7, 11) is 0. The van der Waals surface area contributed by atoms with Gasteiger partial charge < -0.3 is 10.5 Å². The van der Waals surface area contributed by atoms with Gasteiger partial charge in [0.05, 0.1) is 0 Å². The molecule has 0 atom stereocenters. The zero-order chi connectivity index (χ0) is 9.84. The first-order chi connectivity index (χ1) is 6.15. The van der Waals surface area contributed by atoms with Crippen molar-refractivity contribution in [3.8, 4) is 5.75 Å². The van der Waals surface area contributed by atoms with Crippen molar-refractivity contribution in [2.75, 3.05) is 13.2 Å². The van der Waals surface area contributed by atoms with E-state index in [9.17, 15) is 0 Å². The highest BCUT2D eigenvalue weighted by Gasteiger charge is 2.03. The van der Waals surface area contributed by atoms with E-state index in [1.807, 2.05) is 19.9 Å². The topological polar surface area (TPSA) is 35.2 Å². The minimum absolute atomic E-state index is 0.547. The van der Waals surface area contributed by atoms with Crippen molar-refractivity contribution in [2.24, 2.45) is 5.73 Å². The number of ether oxygens (including phenoxy) is 1. The van der Waals surface area contributed by atoms with Gasteiger partial charge in [-0.3, -0.25) is 0 Å². The normalized spacial score (nSPS) is 10.2. The summed E-state index contributed by atoms with van der Waals surface area (Å²) in [6.45, 7) is 5.18. The molecule has 2 N–H and O–H groups in total. The smallest absolute Gasteiger partial charge is 0.123 e. The fraction of sp³-hybridized carbons (Fsp3) is 0.400. The Morgan fingerprint density at radius 2 is 2.08 bits per heavy atom. The lowest BCUT2D eigenvalue weighted by Crippen LogP contribution is -2.11. The van der Waals surface area contributed by atoms with E-state index in [0.717, 1.165) is 15.8 Å². The number of nitrogens with two attached hydrogens (primary N) is 1. The molecule has 0 radical (unpaired) electrons. The van der Waals surface area contributed by atoms with Crippen molar-refractivity contribution in [3.05, 3.63) is 27.7 Å². The SMILES string of the molecule is Cc1cc(Br)c(C)c(OCCN)c1. The summed E-state index contributed by atoms with van der Waals surface area (Å²) in [5.74, 6) is 0.914. The van der Waals surface area contributed by atoms with Crippen molar-refractivity contribution in [1.82, 2.24) is 0 Å². The highest BCUT2D eigenvalue weighted by Crippen LogP contribution is 2.27. The van der Waals surface area contributed by atoms with Gasteiger partial charge >= 0.3 is 0 Å². The van der Waals surface area contributed by atoms with Crippen molar-refractivity contribution in [1.29, 1.82) is 0 Å². The van der Waals surface area contributed by atoms with Crippen LogP contribution in [0.3, 0.4) is 0 Å². The molecule has 0 fully saturated rings. The Bertz CT molecular complexity index is 299. The lowest BCUT2D eigenvalue weighted by atomic mass is 10.1. The molecule has 0 heterocycles. The molecule has 0 aromatic heterocycles. The van der Waals surface area contributed by atoms with Crippen LogP contribution in [0.15, 0.2) is 16.6 Å². The van der Waals surface area contributed by atoms with Crippen molar-refractivity contribution in [2.45, 2.75) is 13.8 Å². The van der Waals surface area contributed by atoms with Crippen LogP contribution in [0.5, 0.6) is 5.75 Å². The maximum absolute atomic E-state index is 5.49. The predicted molar refractivity (Wildman–Crippen MR) is 58.2 cm³/mol. The molecule has 0 aliphatic heterocycles. The number of benzene rings is 1. The molecule has 0 bridgehead atoms. The summed E-state index contributed by atoms with van der Waals surface area (Å²) in [4.78, 5) is 0. The van der Waals surface area contributed by atoms with Crippen LogP contribution in [0.2, 0.25) is 0 Å². The van der Waals surface area contributed by atoms with Gasteiger partial charge in [-0.15, -0.1) is 0 Å². The lowest BCUT2D eigenvalue weighted by Gasteiger charge is -2.10. The van der Waals surface area contributed by atoms with Crippen LogP contribution in [0.4, 0.5) is 0 Å².